The third kappa shape index (κ3) is 2.88. The highest BCUT2D eigenvalue weighted by molar-refractivity contribution is 9.10. The van der Waals surface area contributed by atoms with E-state index in [1.54, 1.807) is 0 Å². The Labute approximate surface area is 162 Å². The van der Waals surface area contributed by atoms with Crippen molar-refractivity contribution in [2.45, 2.75) is 44.7 Å². The van der Waals surface area contributed by atoms with E-state index in [1.165, 1.54) is 34.7 Å². The topological polar surface area (TPSA) is 42.3 Å². The molecule has 0 atom stereocenters. The van der Waals surface area contributed by atoms with Crippen LogP contribution in [0.3, 0.4) is 0 Å². The first kappa shape index (κ1) is 16.8. The Hall–Kier alpha value is -1.37. The molecule has 1 aromatic heterocycles. The van der Waals surface area contributed by atoms with Gasteiger partial charge in [0.25, 0.3) is 0 Å². The quantitative estimate of drug-likeness (QED) is 0.809. The van der Waals surface area contributed by atoms with Crippen molar-refractivity contribution in [1.82, 2.24) is 15.1 Å². The predicted octanol–water partition coefficient (Wildman–Crippen LogP) is 3.73. The van der Waals surface area contributed by atoms with Crippen LogP contribution in [0.25, 0.3) is 0 Å². The van der Waals surface area contributed by atoms with E-state index in [1.807, 2.05) is 0 Å². The zero-order valence-electron chi connectivity index (χ0n) is 15.0. The van der Waals surface area contributed by atoms with E-state index in [2.05, 4.69) is 49.0 Å². The van der Waals surface area contributed by atoms with Crippen molar-refractivity contribution >= 4 is 27.4 Å². The lowest BCUT2D eigenvalue weighted by Gasteiger charge is -2.31. The molecule has 1 aromatic carbocycles. The van der Waals surface area contributed by atoms with Crippen LogP contribution in [0.15, 0.2) is 22.7 Å². The Morgan fingerprint density at radius 1 is 1.19 bits per heavy atom. The van der Waals surface area contributed by atoms with E-state index < -0.39 is 0 Å². The lowest BCUT2D eigenvalue weighted by molar-refractivity contribution is 0.0653. The summed E-state index contributed by atoms with van der Waals surface area (Å²) in [6, 6.07) is 7.15. The molecule has 0 spiro atoms. The summed E-state index contributed by atoms with van der Waals surface area (Å²) in [6.07, 6.45) is 5.54. The van der Waals surface area contributed by atoms with Crippen LogP contribution in [0, 0.1) is 0 Å². The van der Waals surface area contributed by atoms with E-state index in [4.69, 9.17) is 9.84 Å². The Morgan fingerprint density at radius 2 is 2.08 bits per heavy atom. The minimum absolute atomic E-state index is 0.485. The second-order valence-corrected chi connectivity index (χ2v) is 8.41. The van der Waals surface area contributed by atoms with Crippen LogP contribution in [0.4, 0.5) is 11.5 Å². The van der Waals surface area contributed by atoms with Crippen molar-refractivity contribution in [3.8, 4) is 0 Å². The molecule has 1 N–H and O–H groups in total. The average molecular weight is 417 g/mol. The number of aromatic nitrogens is 2. The molecule has 3 aliphatic heterocycles. The number of anilines is 2. The summed E-state index contributed by atoms with van der Waals surface area (Å²) >= 11 is 3.62. The van der Waals surface area contributed by atoms with E-state index in [-0.39, 0.29) is 0 Å². The second-order valence-electron chi connectivity index (χ2n) is 7.49. The third-order valence-corrected chi connectivity index (χ3v) is 6.38. The molecule has 5 nitrogen and oxygen atoms in total. The minimum atomic E-state index is 0.485. The number of hydrogen-bond acceptors (Lipinski definition) is 4. The summed E-state index contributed by atoms with van der Waals surface area (Å²) in [6.45, 7) is 4.73. The van der Waals surface area contributed by atoms with Gasteiger partial charge in [0.15, 0.2) is 5.82 Å². The monoisotopic (exact) mass is 416 g/mol. The van der Waals surface area contributed by atoms with Gasteiger partial charge in [-0.25, -0.2) is 0 Å². The number of halogens is 1. The molecule has 0 saturated carbocycles. The van der Waals surface area contributed by atoms with Crippen LogP contribution < -0.4 is 10.2 Å². The van der Waals surface area contributed by atoms with Gasteiger partial charge in [-0.15, -0.1) is 0 Å². The van der Waals surface area contributed by atoms with E-state index in [0.29, 0.717) is 6.04 Å². The Balaban J connectivity index is 1.58. The van der Waals surface area contributed by atoms with Crippen LogP contribution in [0.5, 0.6) is 0 Å². The smallest absolute Gasteiger partial charge is 0.159 e. The van der Waals surface area contributed by atoms with Gasteiger partial charge in [0.1, 0.15) is 0 Å². The van der Waals surface area contributed by atoms with Crippen LogP contribution in [-0.2, 0) is 24.1 Å². The van der Waals surface area contributed by atoms with Crippen LogP contribution in [-0.4, -0.2) is 36.1 Å². The largest absolute Gasteiger partial charge is 0.381 e. The standard InChI is InChI=1S/C20H25BrN4O/c21-15-3-4-18-14(12-15)2-1-9-24(18)20-17-13-22-8-5-19(17)25(23-20)16-6-10-26-11-7-16/h3-4,12,16,22H,1-2,5-11,13H2. The van der Waals surface area contributed by atoms with E-state index in [9.17, 15) is 0 Å². The van der Waals surface area contributed by atoms with Crippen molar-refractivity contribution in [1.29, 1.82) is 0 Å². The lowest BCUT2D eigenvalue weighted by Crippen LogP contribution is -2.29. The fraction of sp³-hybridized carbons (Fsp3) is 0.550. The maximum Gasteiger partial charge on any atom is 0.159 e. The van der Waals surface area contributed by atoms with Crippen molar-refractivity contribution in [2.24, 2.45) is 0 Å². The van der Waals surface area contributed by atoms with Crippen LogP contribution in [0.1, 0.15) is 42.1 Å². The Morgan fingerprint density at radius 3 is 2.96 bits per heavy atom. The van der Waals surface area contributed by atoms with E-state index in [0.717, 1.165) is 63.0 Å². The van der Waals surface area contributed by atoms with Crippen molar-refractivity contribution < 1.29 is 4.74 Å². The fourth-order valence-corrected chi connectivity index (χ4v) is 5.00. The molecule has 138 valence electrons. The Kier molecular flexibility index (Phi) is 4.51. The molecule has 26 heavy (non-hydrogen) atoms. The maximum absolute atomic E-state index is 5.58. The molecule has 6 heteroatoms. The molecule has 0 amide bonds. The number of rotatable bonds is 2. The minimum Gasteiger partial charge on any atom is -0.381 e. The highest BCUT2D eigenvalue weighted by Crippen LogP contribution is 2.39. The summed E-state index contributed by atoms with van der Waals surface area (Å²) in [5.74, 6) is 1.17. The number of aryl methyl sites for hydroxylation is 1. The molecule has 3 aliphatic rings. The normalized spacial score (nSPS) is 20.7. The first-order valence-electron chi connectivity index (χ1n) is 9.76. The Bertz CT molecular complexity index is 812. The number of nitrogens with one attached hydrogen (secondary N) is 1. The van der Waals surface area contributed by atoms with E-state index >= 15 is 0 Å². The SMILES string of the molecule is Brc1ccc2c(c1)CCCN2c1nn(C2CCOCC2)c2c1CNCC2. The molecule has 0 aliphatic carbocycles. The number of hydrogen-bond donors (Lipinski definition) is 1. The van der Waals surface area contributed by atoms with Gasteiger partial charge in [0.05, 0.1) is 6.04 Å². The molecule has 1 saturated heterocycles. The molecule has 0 bridgehead atoms. The van der Waals surface area contributed by atoms with Gasteiger partial charge in [-0.05, 0) is 49.4 Å². The summed E-state index contributed by atoms with van der Waals surface area (Å²) < 4.78 is 9.09. The van der Waals surface area contributed by atoms with Crippen molar-refractivity contribution in [3.05, 3.63) is 39.5 Å². The molecule has 0 unspecified atom stereocenters. The highest BCUT2D eigenvalue weighted by atomic mass is 79.9. The highest BCUT2D eigenvalue weighted by Gasteiger charge is 2.30. The lowest BCUT2D eigenvalue weighted by atomic mass is 10.0. The van der Waals surface area contributed by atoms with Crippen molar-refractivity contribution in [3.63, 3.8) is 0 Å². The van der Waals surface area contributed by atoms with Gasteiger partial charge in [-0.1, -0.05) is 15.9 Å². The zero-order chi connectivity index (χ0) is 17.5. The number of benzene rings is 1. The first-order valence-corrected chi connectivity index (χ1v) is 10.6. The number of ether oxygens (including phenoxy) is 1. The molecule has 1 fully saturated rings. The average Bonchev–Trinajstić information content (AvgIpc) is 3.07. The molecule has 0 radical (unpaired) electrons. The molecule has 5 rings (SSSR count). The van der Waals surface area contributed by atoms with Gasteiger partial charge < -0.3 is 15.0 Å². The maximum atomic E-state index is 5.58. The molecular formula is C20H25BrN4O. The summed E-state index contributed by atoms with van der Waals surface area (Å²) in [4.78, 5) is 2.45. The van der Waals surface area contributed by atoms with Gasteiger partial charge in [-0.3, -0.25) is 4.68 Å². The number of nitrogens with zero attached hydrogens (tertiary/aromatic N) is 3. The summed E-state index contributed by atoms with van der Waals surface area (Å²) in [7, 11) is 0. The third-order valence-electron chi connectivity index (χ3n) is 5.89. The number of fused-ring (bicyclic) bond motifs is 2. The summed E-state index contributed by atoms with van der Waals surface area (Å²) in [5, 5.41) is 8.75. The molecule has 4 heterocycles. The second kappa shape index (κ2) is 6.98. The molecule has 2 aromatic rings. The van der Waals surface area contributed by atoms with Crippen LogP contribution >= 0.6 is 15.9 Å². The zero-order valence-corrected chi connectivity index (χ0v) is 16.6. The molecular weight excluding hydrogens is 392 g/mol. The van der Waals surface area contributed by atoms with Crippen LogP contribution in [0.2, 0.25) is 0 Å². The fourth-order valence-electron chi connectivity index (χ4n) is 4.59. The predicted molar refractivity (Wildman–Crippen MR) is 106 cm³/mol. The van der Waals surface area contributed by atoms with Gasteiger partial charge in [-0.2, -0.15) is 5.10 Å². The summed E-state index contributed by atoms with van der Waals surface area (Å²) in [5.41, 5.74) is 5.58. The van der Waals surface area contributed by atoms with Gasteiger partial charge >= 0.3 is 0 Å². The van der Waals surface area contributed by atoms with Gasteiger partial charge in [0.2, 0.25) is 0 Å². The van der Waals surface area contributed by atoms with Gasteiger partial charge in [0, 0.05) is 60.7 Å². The van der Waals surface area contributed by atoms with Crippen molar-refractivity contribution in [2.75, 3.05) is 31.2 Å². The first-order chi connectivity index (χ1) is 12.8.